The number of hydrogen-bond donors (Lipinski definition) is 2. The minimum atomic E-state index is -5.05. The van der Waals surface area contributed by atoms with Gasteiger partial charge >= 0.3 is 12.1 Å². The van der Waals surface area contributed by atoms with Crippen molar-refractivity contribution in [3.63, 3.8) is 0 Å². The van der Waals surface area contributed by atoms with Crippen LogP contribution in [0.5, 0.6) is 0 Å². The molecule has 1 heterocycles. The van der Waals surface area contributed by atoms with Crippen LogP contribution in [-0.4, -0.2) is 38.5 Å². The lowest BCUT2D eigenvalue weighted by molar-refractivity contribution is -0.143. The number of carboxylic acid groups (broad SMARTS) is 1. The summed E-state index contributed by atoms with van der Waals surface area (Å²) in [5.74, 6) is -4.35. The summed E-state index contributed by atoms with van der Waals surface area (Å²) in [5.41, 5.74) is -3.13. The van der Waals surface area contributed by atoms with Crippen LogP contribution in [0, 0.1) is 11.7 Å². The van der Waals surface area contributed by atoms with Crippen molar-refractivity contribution in [2.24, 2.45) is 5.92 Å². The first kappa shape index (κ1) is 20.3. The molecule has 0 radical (unpaired) electrons. The Labute approximate surface area is 151 Å². The quantitative estimate of drug-likeness (QED) is 0.711. The van der Waals surface area contributed by atoms with E-state index in [1.807, 2.05) is 0 Å². The topological polar surface area (TPSA) is 97.1 Å². The molecule has 2 aromatic rings. The molecule has 27 heavy (non-hydrogen) atoms. The summed E-state index contributed by atoms with van der Waals surface area (Å²) in [6.07, 6.45) is -4.29. The highest BCUT2D eigenvalue weighted by Crippen LogP contribution is 2.33. The SMILES string of the molecule is CCCC(CNC(=O)c1nnn(-c2ccccc2F)c1C(F)(F)F)C(=O)O. The fraction of sp³-hybridized carbons (Fsp3) is 0.375. The number of carbonyl (C=O) groups excluding carboxylic acids is 1. The standard InChI is InChI=1S/C16H16F4N4O3/c1-2-5-9(15(26)27)8-21-14(25)12-13(16(18,19)20)24(23-22-12)11-7-4-3-6-10(11)17/h3-4,6-7,9H,2,5,8H2,1H3,(H,21,25)(H,26,27). The molecule has 0 spiro atoms. The molecule has 1 atom stereocenters. The molecule has 11 heteroatoms. The fourth-order valence-corrected chi connectivity index (χ4v) is 2.44. The van der Waals surface area contributed by atoms with Gasteiger partial charge in [0.1, 0.15) is 11.5 Å². The van der Waals surface area contributed by atoms with E-state index < -0.39 is 46.9 Å². The third kappa shape index (κ3) is 4.60. The molecule has 0 aliphatic heterocycles. The highest BCUT2D eigenvalue weighted by atomic mass is 19.4. The van der Waals surface area contributed by atoms with E-state index >= 15 is 0 Å². The first-order chi connectivity index (χ1) is 12.7. The van der Waals surface area contributed by atoms with Crippen molar-refractivity contribution < 1.29 is 32.3 Å². The Bertz CT molecular complexity index is 835. The van der Waals surface area contributed by atoms with Crippen LogP contribution in [0.2, 0.25) is 0 Å². The van der Waals surface area contributed by atoms with Gasteiger partial charge in [-0.25, -0.2) is 9.07 Å². The number of halogens is 4. The average molecular weight is 388 g/mol. The van der Waals surface area contributed by atoms with Gasteiger partial charge in [-0.2, -0.15) is 13.2 Å². The van der Waals surface area contributed by atoms with Gasteiger partial charge in [-0.3, -0.25) is 9.59 Å². The predicted octanol–water partition coefficient (Wildman–Crippen LogP) is 2.66. The molecule has 1 aromatic heterocycles. The number of aromatic nitrogens is 3. The summed E-state index contributed by atoms with van der Waals surface area (Å²) in [6, 6.07) is 4.60. The first-order valence-corrected chi connectivity index (χ1v) is 7.95. The summed E-state index contributed by atoms with van der Waals surface area (Å²) >= 11 is 0. The Kier molecular flexibility index (Phi) is 6.13. The lowest BCUT2D eigenvalue weighted by Crippen LogP contribution is -2.34. The maximum Gasteiger partial charge on any atom is 0.435 e. The van der Waals surface area contributed by atoms with E-state index in [-0.39, 0.29) is 17.6 Å². The molecular weight excluding hydrogens is 372 g/mol. The lowest BCUT2D eigenvalue weighted by Gasteiger charge is -2.13. The molecule has 0 aliphatic carbocycles. The van der Waals surface area contributed by atoms with Crippen LogP contribution < -0.4 is 5.32 Å². The van der Waals surface area contributed by atoms with Crippen LogP contribution in [0.25, 0.3) is 5.69 Å². The van der Waals surface area contributed by atoms with E-state index in [0.717, 1.165) is 12.1 Å². The van der Waals surface area contributed by atoms with Crippen LogP contribution >= 0.6 is 0 Å². The second-order valence-corrected chi connectivity index (χ2v) is 5.68. The van der Waals surface area contributed by atoms with Gasteiger partial charge in [0, 0.05) is 6.54 Å². The monoisotopic (exact) mass is 388 g/mol. The highest BCUT2D eigenvalue weighted by Gasteiger charge is 2.42. The number of benzene rings is 1. The van der Waals surface area contributed by atoms with Gasteiger partial charge in [0.15, 0.2) is 11.4 Å². The van der Waals surface area contributed by atoms with Crippen molar-refractivity contribution in [2.75, 3.05) is 6.54 Å². The zero-order chi connectivity index (χ0) is 20.2. The maximum absolute atomic E-state index is 13.9. The molecule has 1 amide bonds. The Hall–Kier alpha value is -2.98. The number of aliphatic carboxylic acids is 1. The van der Waals surface area contributed by atoms with E-state index in [2.05, 4.69) is 15.6 Å². The van der Waals surface area contributed by atoms with E-state index in [0.29, 0.717) is 6.42 Å². The van der Waals surface area contributed by atoms with Crippen LogP contribution in [0.4, 0.5) is 17.6 Å². The number of carbonyl (C=O) groups is 2. The Balaban J connectivity index is 2.36. The highest BCUT2D eigenvalue weighted by molar-refractivity contribution is 5.93. The Morgan fingerprint density at radius 3 is 2.52 bits per heavy atom. The van der Waals surface area contributed by atoms with Gasteiger partial charge in [0.2, 0.25) is 0 Å². The molecule has 1 aromatic carbocycles. The number of para-hydroxylation sites is 1. The third-order valence-electron chi connectivity index (χ3n) is 3.73. The molecular formula is C16H16F4N4O3. The van der Waals surface area contributed by atoms with E-state index in [4.69, 9.17) is 5.11 Å². The van der Waals surface area contributed by atoms with E-state index in [9.17, 15) is 27.2 Å². The molecule has 7 nitrogen and oxygen atoms in total. The van der Waals surface area contributed by atoms with E-state index in [1.165, 1.54) is 12.1 Å². The van der Waals surface area contributed by atoms with Crippen molar-refractivity contribution in [1.82, 2.24) is 20.3 Å². The average Bonchev–Trinajstić information content (AvgIpc) is 3.03. The fourth-order valence-electron chi connectivity index (χ4n) is 2.44. The zero-order valence-corrected chi connectivity index (χ0v) is 14.1. The Morgan fingerprint density at radius 1 is 1.30 bits per heavy atom. The summed E-state index contributed by atoms with van der Waals surface area (Å²) in [7, 11) is 0. The molecule has 0 bridgehead atoms. The summed E-state index contributed by atoms with van der Waals surface area (Å²) in [5, 5.41) is 17.7. The minimum absolute atomic E-state index is 0.199. The van der Waals surface area contributed by atoms with Crippen molar-refractivity contribution >= 4 is 11.9 Å². The molecule has 0 fully saturated rings. The molecule has 0 saturated heterocycles. The number of nitrogens with zero attached hydrogens (tertiary/aromatic N) is 3. The number of rotatable bonds is 7. The van der Waals surface area contributed by atoms with Gasteiger partial charge in [-0.15, -0.1) is 5.10 Å². The first-order valence-electron chi connectivity index (χ1n) is 7.95. The number of carboxylic acids is 1. The number of nitrogens with one attached hydrogen (secondary N) is 1. The van der Waals surface area contributed by atoms with Crippen molar-refractivity contribution in [2.45, 2.75) is 25.9 Å². The van der Waals surface area contributed by atoms with Gasteiger partial charge < -0.3 is 10.4 Å². The van der Waals surface area contributed by atoms with Gasteiger partial charge in [-0.05, 0) is 18.6 Å². The smallest absolute Gasteiger partial charge is 0.435 e. The number of amides is 1. The van der Waals surface area contributed by atoms with Crippen molar-refractivity contribution in [3.8, 4) is 5.69 Å². The van der Waals surface area contributed by atoms with Crippen molar-refractivity contribution in [3.05, 3.63) is 41.5 Å². The molecule has 0 aliphatic rings. The van der Waals surface area contributed by atoms with E-state index in [1.54, 1.807) is 6.92 Å². The van der Waals surface area contributed by atoms with Crippen LogP contribution in [0.15, 0.2) is 24.3 Å². The summed E-state index contributed by atoms with van der Waals surface area (Å²) in [6.45, 7) is 1.37. The number of alkyl halides is 3. The number of hydrogen-bond acceptors (Lipinski definition) is 4. The minimum Gasteiger partial charge on any atom is -0.481 e. The van der Waals surface area contributed by atoms with Gasteiger partial charge in [0.05, 0.1) is 5.92 Å². The lowest BCUT2D eigenvalue weighted by atomic mass is 10.0. The Morgan fingerprint density at radius 2 is 1.96 bits per heavy atom. The van der Waals surface area contributed by atoms with Crippen molar-refractivity contribution in [1.29, 1.82) is 0 Å². The van der Waals surface area contributed by atoms with Gasteiger partial charge in [0.25, 0.3) is 5.91 Å². The zero-order valence-electron chi connectivity index (χ0n) is 14.1. The largest absolute Gasteiger partial charge is 0.481 e. The molecule has 2 rings (SSSR count). The second-order valence-electron chi connectivity index (χ2n) is 5.68. The predicted molar refractivity (Wildman–Crippen MR) is 84.7 cm³/mol. The molecule has 1 unspecified atom stereocenters. The van der Waals surface area contributed by atoms with Crippen LogP contribution in [-0.2, 0) is 11.0 Å². The summed E-state index contributed by atoms with van der Waals surface area (Å²) in [4.78, 5) is 23.2. The van der Waals surface area contributed by atoms with Crippen LogP contribution in [0.1, 0.15) is 35.9 Å². The molecule has 2 N–H and O–H groups in total. The van der Waals surface area contributed by atoms with Gasteiger partial charge in [-0.1, -0.05) is 30.7 Å². The van der Waals surface area contributed by atoms with Crippen LogP contribution in [0.3, 0.4) is 0 Å². The third-order valence-corrected chi connectivity index (χ3v) is 3.73. The summed E-state index contributed by atoms with van der Waals surface area (Å²) < 4.78 is 54.5. The maximum atomic E-state index is 13.9. The molecule has 146 valence electrons. The second kappa shape index (κ2) is 8.14. The normalized spacial score (nSPS) is 12.6. The molecule has 0 saturated carbocycles.